The molecule has 7 heteroatoms. The molecule has 1 aliphatic carbocycles. The number of Topliss-reactive ketones (excluding diaryl/α,β-unsaturated/α-hetero) is 1. The molecule has 0 spiro atoms. The fourth-order valence-electron chi connectivity index (χ4n) is 3.45. The smallest absolute Gasteiger partial charge is 0.317 e. The molecule has 0 unspecified atom stereocenters. The highest BCUT2D eigenvalue weighted by Crippen LogP contribution is 2.46. The normalized spacial score (nSPS) is 29.1. The molecular formula is C18H23NO6. The quantitative estimate of drug-likeness (QED) is 0.630. The molecule has 1 aliphatic rings. The summed E-state index contributed by atoms with van der Waals surface area (Å²) in [4.78, 5) is 41.6. The van der Waals surface area contributed by atoms with Crippen molar-refractivity contribution in [2.75, 3.05) is 13.2 Å². The zero-order chi connectivity index (χ0) is 18.6. The Morgan fingerprint density at radius 1 is 1.28 bits per heavy atom. The van der Waals surface area contributed by atoms with Crippen molar-refractivity contribution in [3.63, 3.8) is 0 Å². The first-order valence-corrected chi connectivity index (χ1v) is 8.31. The number of aromatic nitrogens is 1. The molecule has 1 aromatic rings. The third kappa shape index (κ3) is 3.87. The van der Waals surface area contributed by atoms with E-state index in [1.807, 2.05) is 0 Å². The molecular weight excluding hydrogens is 326 g/mol. The van der Waals surface area contributed by atoms with Crippen molar-refractivity contribution < 1.29 is 29.0 Å². The molecule has 0 amide bonds. The van der Waals surface area contributed by atoms with Gasteiger partial charge in [0, 0.05) is 24.7 Å². The summed E-state index contributed by atoms with van der Waals surface area (Å²) in [5.74, 6) is -4.97. The molecule has 1 saturated carbocycles. The average molecular weight is 349 g/mol. The van der Waals surface area contributed by atoms with E-state index in [1.165, 1.54) is 13.1 Å². The molecule has 1 heterocycles. The summed E-state index contributed by atoms with van der Waals surface area (Å²) in [5.41, 5.74) is -1.13. The minimum Gasteiger partial charge on any atom is -0.466 e. The van der Waals surface area contributed by atoms with E-state index in [-0.39, 0.29) is 19.6 Å². The zero-order valence-corrected chi connectivity index (χ0v) is 14.6. The molecule has 136 valence electrons. The molecule has 0 aliphatic heterocycles. The number of aliphatic hydroxyl groups is 1. The van der Waals surface area contributed by atoms with Crippen LogP contribution in [0.15, 0.2) is 24.5 Å². The van der Waals surface area contributed by atoms with Gasteiger partial charge in [-0.25, -0.2) is 0 Å². The maximum absolute atomic E-state index is 12.6. The van der Waals surface area contributed by atoms with Crippen LogP contribution in [0.4, 0.5) is 0 Å². The molecule has 1 N–H and O–H groups in total. The van der Waals surface area contributed by atoms with E-state index in [9.17, 15) is 19.5 Å². The third-order valence-electron chi connectivity index (χ3n) is 4.42. The molecule has 25 heavy (non-hydrogen) atoms. The average Bonchev–Trinajstić information content (AvgIpc) is 2.54. The lowest BCUT2D eigenvalue weighted by Gasteiger charge is -2.43. The van der Waals surface area contributed by atoms with Crippen LogP contribution in [0.1, 0.15) is 38.7 Å². The Hall–Kier alpha value is -2.28. The summed E-state index contributed by atoms with van der Waals surface area (Å²) in [6.45, 7) is 4.95. The summed E-state index contributed by atoms with van der Waals surface area (Å²) in [7, 11) is 0. The van der Waals surface area contributed by atoms with Gasteiger partial charge in [-0.1, -0.05) is 6.07 Å². The number of pyridine rings is 1. The molecule has 2 rings (SSSR count). The van der Waals surface area contributed by atoms with Crippen molar-refractivity contribution in [1.29, 1.82) is 0 Å². The summed E-state index contributed by atoms with van der Waals surface area (Å²) < 4.78 is 10.2. The zero-order valence-electron chi connectivity index (χ0n) is 14.6. The SMILES string of the molecule is CCOC(=O)[C@@H]1C(=O)C[C@](C)(O)[C@H](C(=O)OCC)[C@H]1c1cccnc1. The molecule has 0 saturated heterocycles. The topological polar surface area (TPSA) is 103 Å². The van der Waals surface area contributed by atoms with Gasteiger partial charge in [-0.05, 0) is 32.4 Å². The molecule has 4 atom stereocenters. The Balaban J connectivity index is 2.57. The molecule has 0 bridgehead atoms. The van der Waals surface area contributed by atoms with Crippen molar-refractivity contribution >= 4 is 17.7 Å². The van der Waals surface area contributed by atoms with Crippen molar-refractivity contribution in [3.05, 3.63) is 30.1 Å². The highest BCUT2D eigenvalue weighted by Gasteiger charge is 2.57. The molecule has 0 radical (unpaired) electrons. The number of ether oxygens (including phenoxy) is 2. The predicted octanol–water partition coefficient (Wildman–Crippen LogP) is 1.25. The van der Waals surface area contributed by atoms with Gasteiger partial charge in [0.15, 0.2) is 5.78 Å². The first kappa shape index (κ1) is 19.1. The monoisotopic (exact) mass is 349 g/mol. The molecule has 1 aromatic heterocycles. The van der Waals surface area contributed by atoms with Crippen LogP contribution in [0.3, 0.4) is 0 Å². The number of hydrogen-bond donors (Lipinski definition) is 1. The van der Waals surface area contributed by atoms with E-state index in [1.54, 1.807) is 32.2 Å². The van der Waals surface area contributed by atoms with Gasteiger partial charge in [0.2, 0.25) is 0 Å². The van der Waals surface area contributed by atoms with Crippen LogP contribution in [0.25, 0.3) is 0 Å². The number of esters is 2. The highest BCUT2D eigenvalue weighted by atomic mass is 16.5. The van der Waals surface area contributed by atoms with Crippen LogP contribution >= 0.6 is 0 Å². The van der Waals surface area contributed by atoms with Gasteiger partial charge in [0.25, 0.3) is 0 Å². The molecule has 0 aromatic carbocycles. The lowest BCUT2D eigenvalue weighted by atomic mass is 9.62. The van der Waals surface area contributed by atoms with Crippen molar-refractivity contribution in [2.24, 2.45) is 11.8 Å². The number of ketones is 1. The fraction of sp³-hybridized carbons (Fsp3) is 0.556. The minimum absolute atomic E-state index is 0.114. The number of nitrogens with zero attached hydrogens (tertiary/aromatic N) is 1. The lowest BCUT2D eigenvalue weighted by Crippen LogP contribution is -2.55. The van der Waals surface area contributed by atoms with Crippen molar-refractivity contribution in [3.8, 4) is 0 Å². The van der Waals surface area contributed by atoms with Gasteiger partial charge in [0.1, 0.15) is 5.92 Å². The van der Waals surface area contributed by atoms with E-state index in [4.69, 9.17) is 9.47 Å². The van der Waals surface area contributed by atoms with Crippen LogP contribution < -0.4 is 0 Å². The number of carbonyl (C=O) groups excluding carboxylic acids is 3. The predicted molar refractivity (Wildman–Crippen MR) is 87.5 cm³/mol. The van der Waals surface area contributed by atoms with Gasteiger partial charge in [-0.15, -0.1) is 0 Å². The van der Waals surface area contributed by atoms with Crippen LogP contribution in [-0.4, -0.2) is 46.6 Å². The van der Waals surface area contributed by atoms with Gasteiger partial charge in [-0.3, -0.25) is 19.4 Å². The highest BCUT2D eigenvalue weighted by molar-refractivity contribution is 6.02. The number of carbonyl (C=O) groups is 3. The second-order valence-electron chi connectivity index (χ2n) is 6.27. The van der Waals surface area contributed by atoms with E-state index in [0.717, 1.165) is 0 Å². The molecule has 1 fully saturated rings. The van der Waals surface area contributed by atoms with Gasteiger partial charge >= 0.3 is 11.9 Å². The summed E-state index contributed by atoms with van der Waals surface area (Å²) in [6.07, 6.45) is 2.71. The first-order chi connectivity index (χ1) is 11.8. The van der Waals surface area contributed by atoms with Gasteiger partial charge in [-0.2, -0.15) is 0 Å². The maximum Gasteiger partial charge on any atom is 0.317 e. The Morgan fingerprint density at radius 3 is 2.48 bits per heavy atom. The summed E-state index contributed by atoms with van der Waals surface area (Å²) in [5, 5.41) is 10.8. The van der Waals surface area contributed by atoms with Crippen LogP contribution in [0.5, 0.6) is 0 Å². The van der Waals surface area contributed by atoms with Gasteiger partial charge in [0.05, 0.1) is 24.7 Å². The van der Waals surface area contributed by atoms with E-state index < -0.39 is 41.1 Å². The van der Waals surface area contributed by atoms with Crippen LogP contribution in [0, 0.1) is 11.8 Å². The Morgan fingerprint density at radius 2 is 1.92 bits per heavy atom. The Kier molecular flexibility index (Phi) is 5.89. The fourth-order valence-corrected chi connectivity index (χ4v) is 3.45. The standard InChI is InChI=1S/C18H23NO6/c1-4-24-16(21)14-12(20)9-18(3,23)15(17(22)25-5-2)13(14)11-7-6-8-19-10-11/h6-8,10,13-15,23H,4-5,9H2,1-3H3/t13-,14+,15-,18-/m0/s1. The van der Waals surface area contributed by atoms with E-state index >= 15 is 0 Å². The summed E-state index contributed by atoms with van der Waals surface area (Å²) >= 11 is 0. The Labute approximate surface area is 146 Å². The van der Waals surface area contributed by atoms with Crippen molar-refractivity contribution in [1.82, 2.24) is 4.98 Å². The lowest BCUT2D eigenvalue weighted by molar-refractivity contribution is -0.172. The molecule has 7 nitrogen and oxygen atoms in total. The van der Waals surface area contributed by atoms with Gasteiger partial charge < -0.3 is 14.6 Å². The minimum atomic E-state index is -1.63. The van der Waals surface area contributed by atoms with Crippen molar-refractivity contribution in [2.45, 2.75) is 38.7 Å². The van der Waals surface area contributed by atoms with E-state index in [0.29, 0.717) is 5.56 Å². The largest absolute Gasteiger partial charge is 0.466 e. The second kappa shape index (κ2) is 7.74. The Bertz CT molecular complexity index is 642. The van der Waals surface area contributed by atoms with Crippen LogP contribution in [-0.2, 0) is 23.9 Å². The number of hydrogen-bond acceptors (Lipinski definition) is 7. The number of rotatable bonds is 5. The second-order valence-corrected chi connectivity index (χ2v) is 6.27. The van der Waals surface area contributed by atoms with E-state index in [2.05, 4.69) is 4.98 Å². The van der Waals surface area contributed by atoms with Crippen LogP contribution in [0.2, 0.25) is 0 Å². The third-order valence-corrected chi connectivity index (χ3v) is 4.42. The maximum atomic E-state index is 12.6. The first-order valence-electron chi connectivity index (χ1n) is 8.31. The summed E-state index contributed by atoms with van der Waals surface area (Å²) in [6, 6.07) is 3.32.